The van der Waals surface area contributed by atoms with Crippen molar-refractivity contribution in [2.75, 3.05) is 65.4 Å². The Morgan fingerprint density at radius 3 is 2.09 bits per heavy atom. The highest BCUT2D eigenvalue weighted by Crippen LogP contribution is 2.36. The number of ether oxygens (including phenoxy) is 3. The van der Waals surface area contributed by atoms with E-state index < -0.39 is 6.10 Å². The molecule has 8 heteroatoms. The van der Waals surface area contributed by atoms with Gasteiger partial charge < -0.3 is 24.6 Å². The molecule has 8 nitrogen and oxygen atoms in total. The van der Waals surface area contributed by atoms with Crippen molar-refractivity contribution in [3.63, 3.8) is 0 Å². The third kappa shape index (κ3) is 6.83. The van der Waals surface area contributed by atoms with E-state index >= 15 is 0 Å². The van der Waals surface area contributed by atoms with Gasteiger partial charge in [-0.3, -0.25) is 14.6 Å². The molecule has 1 amide bonds. The van der Waals surface area contributed by atoms with Gasteiger partial charge in [0, 0.05) is 38.4 Å². The highest BCUT2D eigenvalue weighted by Gasteiger charge is 2.22. The molecule has 1 atom stereocenters. The smallest absolute Gasteiger partial charge is 0.238 e. The molecule has 2 aromatic carbocycles. The summed E-state index contributed by atoms with van der Waals surface area (Å²) in [4.78, 5) is 16.9. The molecule has 0 aliphatic carbocycles. The number of benzene rings is 2. The quantitative estimate of drug-likeness (QED) is 0.567. The van der Waals surface area contributed by atoms with Gasteiger partial charge in [-0.1, -0.05) is 24.3 Å². The van der Waals surface area contributed by atoms with E-state index in [0.29, 0.717) is 30.3 Å². The van der Waals surface area contributed by atoms with Crippen LogP contribution < -0.4 is 19.5 Å². The van der Waals surface area contributed by atoms with Crippen molar-refractivity contribution in [2.24, 2.45) is 0 Å². The van der Waals surface area contributed by atoms with Crippen LogP contribution in [-0.2, 0) is 4.79 Å². The fourth-order valence-electron chi connectivity index (χ4n) is 4.01. The molecular weight excluding hydrogens is 422 g/mol. The van der Waals surface area contributed by atoms with Crippen molar-refractivity contribution in [1.82, 2.24) is 9.80 Å². The summed E-state index contributed by atoms with van der Waals surface area (Å²) in [5.74, 6) is 1.62. The molecule has 1 heterocycles. The minimum absolute atomic E-state index is 0.0000374. The highest BCUT2D eigenvalue weighted by atomic mass is 16.5. The predicted molar refractivity (Wildman–Crippen MR) is 128 cm³/mol. The molecule has 180 valence electrons. The van der Waals surface area contributed by atoms with E-state index in [1.807, 2.05) is 38.1 Å². The van der Waals surface area contributed by atoms with E-state index in [4.69, 9.17) is 14.2 Å². The number of rotatable bonds is 10. The molecule has 1 fully saturated rings. The normalized spacial score (nSPS) is 15.7. The largest absolute Gasteiger partial charge is 0.493 e. The minimum atomic E-state index is -0.654. The fourth-order valence-corrected chi connectivity index (χ4v) is 4.01. The lowest BCUT2D eigenvalue weighted by Crippen LogP contribution is -2.50. The van der Waals surface area contributed by atoms with Crippen LogP contribution in [0.5, 0.6) is 17.2 Å². The van der Waals surface area contributed by atoms with Crippen LogP contribution in [-0.4, -0.2) is 87.0 Å². The zero-order chi connectivity index (χ0) is 23.8. The van der Waals surface area contributed by atoms with E-state index in [1.54, 1.807) is 26.4 Å². The van der Waals surface area contributed by atoms with E-state index in [0.717, 1.165) is 43.0 Å². The summed E-state index contributed by atoms with van der Waals surface area (Å²) in [5, 5.41) is 13.5. The third-order valence-electron chi connectivity index (χ3n) is 5.85. The number of nitrogens with one attached hydrogen (secondary N) is 1. The Morgan fingerprint density at radius 2 is 1.52 bits per heavy atom. The first kappa shape index (κ1) is 24.8. The fraction of sp³-hybridized carbons (Fsp3) is 0.480. The Hall–Kier alpha value is -2.81. The van der Waals surface area contributed by atoms with Crippen molar-refractivity contribution in [2.45, 2.75) is 20.0 Å². The van der Waals surface area contributed by atoms with Crippen LogP contribution in [0.25, 0.3) is 0 Å². The summed E-state index contributed by atoms with van der Waals surface area (Å²) < 4.78 is 16.5. The number of amides is 1. The first-order chi connectivity index (χ1) is 15.9. The maximum absolute atomic E-state index is 12.5. The maximum Gasteiger partial charge on any atom is 0.238 e. The SMILES string of the molecule is COc1cccc(OC)c1OC[C@H](O)CN1CCN(CC(=O)Nc2c(C)cccc2C)CC1. The second-order valence-electron chi connectivity index (χ2n) is 8.35. The standard InChI is InChI=1S/C25H35N3O5/c1-18-7-5-8-19(2)24(18)26-23(30)16-28-13-11-27(12-14-28)15-20(29)17-33-25-21(31-3)9-6-10-22(25)32-4/h5-10,20,29H,11-17H2,1-4H3,(H,26,30)/t20-/m1/s1. The maximum atomic E-state index is 12.5. The van der Waals surface area contributed by atoms with E-state index in [-0.39, 0.29) is 12.5 Å². The molecule has 1 saturated heterocycles. The summed E-state index contributed by atoms with van der Waals surface area (Å²) in [6.07, 6.45) is -0.654. The first-order valence-electron chi connectivity index (χ1n) is 11.2. The van der Waals surface area contributed by atoms with Crippen LogP contribution in [0.4, 0.5) is 5.69 Å². The van der Waals surface area contributed by atoms with Crippen molar-refractivity contribution >= 4 is 11.6 Å². The number of aliphatic hydroxyl groups is 1. The number of piperazine rings is 1. The van der Waals surface area contributed by atoms with Gasteiger partial charge in [-0.15, -0.1) is 0 Å². The summed E-state index contributed by atoms with van der Waals surface area (Å²) >= 11 is 0. The Kier molecular flexibility index (Phi) is 8.94. The topological polar surface area (TPSA) is 83.5 Å². The minimum Gasteiger partial charge on any atom is -0.493 e. The molecule has 2 aromatic rings. The number of hydrogen-bond donors (Lipinski definition) is 2. The number of para-hydroxylation sites is 2. The van der Waals surface area contributed by atoms with Crippen LogP contribution in [0.3, 0.4) is 0 Å². The van der Waals surface area contributed by atoms with Gasteiger partial charge in [0.25, 0.3) is 0 Å². The number of hydrogen-bond acceptors (Lipinski definition) is 7. The van der Waals surface area contributed by atoms with Gasteiger partial charge in [0.2, 0.25) is 11.7 Å². The van der Waals surface area contributed by atoms with Gasteiger partial charge in [0.1, 0.15) is 12.7 Å². The lowest BCUT2D eigenvalue weighted by atomic mass is 10.1. The molecule has 0 radical (unpaired) electrons. The van der Waals surface area contributed by atoms with Crippen LogP contribution in [0, 0.1) is 13.8 Å². The number of aryl methyl sites for hydroxylation is 2. The van der Waals surface area contributed by atoms with Gasteiger partial charge in [-0.05, 0) is 37.1 Å². The molecule has 3 rings (SSSR count). The number of anilines is 1. The number of methoxy groups -OCH3 is 2. The van der Waals surface area contributed by atoms with E-state index in [1.165, 1.54) is 0 Å². The highest BCUT2D eigenvalue weighted by molar-refractivity contribution is 5.93. The average Bonchev–Trinajstić information content (AvgIpc) is 2.81. The zero-order valence-corrected chi connectivity index (χ0v) is 20.0. The molecule has 33 heavy (non-hydrogen) atoms. The molecule has 0 bridgehead atoms. The Morgan fingerprint density at radius 1 is 0.970 bits per heavy atom. The lowest BCUT2D eigenvalue weighted by molar-refractivity contribution is -0.117. The summed E-state index contributed by atoms with van der Waals surface area (Å²) in [6, 6.07) is 11.4. The Bertz CT molecular complexity index is 886. The third-order valence-corrected chi connectivity index (χ3v) is 5.85. The molecule has 0 saturated carbocycles. The zero-order valence-electron chi connectivity index (χ0n) is 20.0. The second-order valence-corrected chi connectivity index (χ2v) is 8.35. The van der Waals surface area contributed by atoms with Crippen molar-refractivity contribution < 1.29 is 24.1 Å². The van der Waals surface area contributed by atoms with E-state index in [9.17, 15) is 9.90 Å². The number of carbonyl (C=O) groups is 1. The van der Waals surface area contributed by atoms with Crippen molar-refractivity contribution in [3.8, 4) is 17.2 Å². The van der Waals surface area contributed by atoms with E-state index in [2.05, 4.69) is 15.1 Å². The monoisotopic (exact) mass is 457 g/mol. The molecular formula is C25H35N3O5. The van der Waals surface area contributed by atoms with Crippen molar-refractivity contribution in [3.05, 3.63) is 47.5 Å². The Labute approximate surface area is 196 Å². The van der Waals surface area contributed by atoms with Gasteiger partial charge >= 0.3 is 0 Å². The Balaban J connectivity index is 1.42. The predicted octanol–water partition coefficient (Wildman–Crippen LogP) is 2.32. The lowest BCUT2D eigenvalue weighted by Gasteiger charge is -2.35. The molecule has 0 spiro atoms. The van der Waals surface area contributed by atoms with Crippen LogP contribution in [0.2, 0.25) is 0 Å². The van der Waals surface area contributed by atoms with Crippen LogP contribution >= 0.6 is 0 Å². The van der Waals surface area contributed by atoms with Gasteiger partial charge in [0.05, 0.1) is 20.8 Å². The molecule has 0 unspecified atom stereocenters. The molecule has 2 N–H and O–H groups in total. The summed E-state index contributed by atoms with van der Waals surface area (Å²) in [6.45, 7) is 8.11. The average molecular weight is 458 g/mol. The first-order valence-corrected chi connectivity index (χ1v) is 11.2. The molecule has 0 aromatic heterocycles. The van der Waals surface area contributed by atoms with Gasteiger partial charge in [-0.25, -0.2) is 0 Å². The van der Waals surface area contributed by atoms with Gasteiger partial charge in [-0.2, -0.15) is 0 Å². The van der Waals surface area contributed by atoms with Crippen molar-refractivity contribution in [1.29, 1.82) is 0 Å². The summed E-state index contributed by atoms with van der Waals surface area (Å²) in [7, 11) is 3.14. The van der Waals surface area contributed by atoms with Crippen LogP contribution in [0.15, 0.2) is 36.4 Å². The molecule has 1 aliphatic heterocycles. The van der Waals surface area contributed by atoms with Crippen LogP contribution in [0.1, 0.15) is 11.1 Å². The number of nitrogens with zero attached hydrogens (tertiary/aromatic N) is 2. The molecule has 1 aliphatic rings. The number of β-amino-alcohol motifs (C(OH)–C–C–N with tert-alkyl or cyclic N) is 1. The number of carbonyl (C=O) groups excluding carboxylic acids is 1. The second kappa shape index (κ2) is 11.9. The summed E-state index contributed by atoms with van der Waals surface area (Å²) in [5.41, 5.74) is 3.03. The van der Waals surface area contributed by atoms with Gasteiger partial charge in [0.15, 0.2) is 11.5 Å². The number of aliphatic hydroxyl groups excluding tert-OH is 1.